The van der Waals surface area contributed by atoms with Gasteiger partial charge in [0.15, 0.2) is 0 Å². The zero-order chi connectivity index (χ0) is 13.3. The summed E-state index contributed by atoms with van der Waals surface area (Å²) in [4.78, 5) is 28.3. The number of carbonyl (C=O) groups excluding carboxylic acids is 1. The van der Waals surface area contributed by atoms with Crippen LogP contribution in [0.5, 0.6) is 0 Å². The number of aromatic nitrogens is 1. The SMILES string of the molecule is CC1(C(=O)O)CCN(c2cc(C(N)=O)ccn2)C1. The van der Waals surface area contributed by atoms with E-state index in [9.17, 15) is 9.59 Å². The van der Waals surface area contributed by atoms with Gasteiger partial charge in [0, 0.05) is 24.8 Å². The van der Waals surface area contributed by atoms with Crippen LogP contribution in [0.2, 0.25) is 0 Å². The van der Waals surface area contributed by atoms with Crippen molar-refractivity contribution in [3.05, 3.63) is 23.9 Å². The van der Waals surface area contributed by atoms with E-state index in [0.717, 1.165) is 0 Å². The van der Waals surface area contributed by atoms with Crippen LogP contribution in [0.3, 0.4) is 0 Å². The van der Waals surface area contributed by atoms with Crippen molar-refractivity contribution >= 4 is 17.7 Å². The van der Waals surface area contributed by atoms with Gasteiger partial charge in [-0.2, -0.15) is 0 Å². The first-order valence-electron chi connectivity index (χ1n) is 5.66. The third-order valence-corrected chi connectivity index (χ3v) is 3.34. The van der Waals surface area contributed by atoms with Crippen LogP contribution < -0.4 is 10.6 Å². The molecule has 2 heterocycles. The summed E-state index contributed by atoms with van der Waals surface area (Å²) >= 11 is 0. The number of aliphatic carboxylic acids is 1. The molecule has 18 heavy (non-hydrogen) atoms. The number of carbonyl (C=O) groups is 2. The average Bonchev–Trinajstić information content (AvgIpc) is 2.73. The molecular weight excluding hydrogens is 234 g/mol. The van der Waals surface area contributed by atoms with E-state index < -0.39 is 17.3 Å². The summed E-state index contributed by atoms with van der Waals surface area (Å²) in [6.45, 7) is 2.71. The lowest BCUT2D eigenvalue weighted by atomic mass is 9.90. The third kappa shape index (κ3) is 2.13. The lowest BCUT2D eigenvalue weighted by Crippen LogP contribution is -2.32. The number of carboxylic acids is 1. The largest absolute Gasteiger partial charge is 0.481 e. The van der Waals surface area contributed by atoms with E-state index >= 15 is 0 Å². The Morgan fingerprint density at radius 1 is 1.56 bits per heavy atom. The highest BCUT2D eigenvalue weighted by Gasteiger charge is 2.40. The summed E-state index contributed by atoms with van der Waals surface area (Å²) in [5.74, 6) is -0.730. The number of anilines is 1. The highest BCUT2D eigenvalue weighted by Crippen LogP contribution is 2.32. The van der Waals surface area contributed by atoms with Crippen LogP contribution in [0.25, 0.3) is 0 Å². The molecule has 1 amide bonds. The third-order valence-electron chi connectivity index (χ3n) is 3.34. The zero-order valence-corrected chi connectivity index (χ0v) is 10.1. The van der Waals surface area contributed by atoms with Gasteiger partial charge < -0.3 is 15.7 Å². The Bertz CT molecular complexity index is 503. The van der Waals surface area contributed by atoms with Gasteiger partial charge in [-0.05, 0) is 25.5 Å². The smallest absolute Gasteiger partial charge is 0.311 e. The van der Waals surface area contributed by atoms with Crippen LogP contribution in [0.15, 0.2) is 18.3 Å². The molecule has 0 saturated carbocycles. The van der Waals surface area contributed by atoms with E-state index in [0.29, 0.717) is 30.9 Å². The van der Waals surface area contributed by atoms with Gasteiger partial charge in [0.2, 0.25) is 5.91 Å². The molecule has 0 aliphatic carbocycles. The fraction of sp³-hybridized carbons (Fsp3) is 0.417. The van der Waals surface area contributed by atoms with Gasteiger partial charge in [0.05, 0.1) is 5.41 Å². The monoisotopic (exact) mass is 249 g/mol. The highest BCUT2D eigenvalue weighted by atomic mass is 16.4. The van der Waals surface area contributed by atoms with Crippen LogP contribution >= 0.6 is 0 Å². The summed E-state index contributed by atoms with van der Waals surface area (Å²) < 4.78 is 0. The minimum absolute atomic E-state index is 0.379. The topological polar surface area (TPSA) is 96.5 Å². The van der Waals surface area contributed by atoms with Gasteiger partial charge in [0.1, 0.15) is 5.82 Å². The number of primary amides is 1. The van der Waals surface area contributed by atoms with Crippen LogP contribution in [-0.4, -0.2) is 35.1 Å². The quantitative estimate of drug-likeness (QED) is 0.812. The molecule has 1 saturated heterocycles. The lowest BCUT2D eigenvalue weighted by Gasteiger charge is -2.21. The number of nitrogens with two attached hydrogens (primary N) is 1. The van der Waals surface area contributed by atoms with Crippen molar-refractivity contribution < 1.29 is 14.7 Å². The van der Waals surface area contributed by atoms with E-state index in [1.54, 1.807) is 13.0 Å². The molecule has 2 rings (SSSR count). The van der Waals surface area contributed by atoms with Crippen molar-refractivity contribution in [3.63, 3.8) is 0 Å². The minimum Gasteiger partial charge on any atom is -0.481 e. The Hall–Kier alpha value is -2.11. The predicted octanol–water partition coefficient (Wildman–Crippen LogP) is 0.481. The number of rotatable bonds is 3. The van der Waals surface area contributed by atoms with Crippen molar-refractivity contribution in [2.75, 3.05) is 18.0 Å². The number of pyridine rings is 1. The van der Waals surface area contributed by atoms with E-state index in [2.05, 4.69) is 4.98 Å². The number of hydrogen-bond acceptors (Lipinski definition) is 4. The fourth-order valence-corrected chi connectivity index (χ4v) is 2.08. The van der Waals surface area contributed by atoms with Gasteiger partial charge in [-0.15, -0.1) is 0 Å². The van der Waals surface area contributed by atoms with Crippen molar-refractivity contribution in [1.29, 1.82) is 0 Å². The standard InChI is InChI=1S/C12H15N3O3/c1-12(11(17)18)3-5-15(7-12)9-6-8(10(13)16)2-4-14-9/h2,4,6H,3,5,7H2,1H3,(H2,13,16)(H,17,18). The molecule has 0 aromatic carbocycles. The first-order valence-corrected chi connectivity index (χ1v) is 5.66. The fourth-order valence-electron chi connectivity index (χ4n) is 2.08. The van der Waals surface area contributed by atoms with Crippen molar-refractivity contribution in [2.45, 2.75) is 13.3 Å². The van der Waals surface area contributed by atoms with E-state index in [-0.39, 0.29) is 0 Å². The van der Waals surface area contributed by atoms with E-state index in [4.69, 9.17) is 10.8 Å². The van der Waals surface area contributed by atoms with Crippen molar-refractivity contribution in [1.82, 2.24) is 4.98 Å². The molecule has 1 aliphatic heterocycles. The lowest BCUT2D eigenvalue weighted by molar-refractivity contribution is -0.146. The Labute approximate surface area is 104 Å². The summed E-state index contributed by atoms with van der Waals surface area (Å²) in [7, 11) is 0. The van der Waals surface area contributed by atoms with Crippen LogP contribution in [0.1, 0.15) is 23.7 Å². The highest BCUT2D eigenvalue weighted by molar-refractivity contribution is 5.93. The first-order chi connectivity index (χ1) is 8.42. The predicted molar refractivity (Wildman–Crippen MR) is 65.3 cm³/mol. The van der Waals surface area contributed by atoms with Crippen molar-refractivity contribution in [3.8, 4) is 0 Å². The zero-order valence-electron chi connectivity index (χ0n) is 10.1. The molecule has 1 aromatic heterocycles. The van der Waals surface area contributed by atoms with Gasteiger partial charge in [-0.1, -0.05) is 0 Å². The van der Waals surface area contributed by atoms with Crippen LogP contribution in [-0.2, 0) is 4.79 Å². The van der Waals surface area contributed by atoms with Crippen LogP contribution in [0, 0.1) is 5.41 Å². The van der Waals surface area contributed by atoms with Gasteiger partial charge >= 0.3 is 5.97 Å². The number of nitrogens with zero attached hydrogens (tertiary/aromatic N) is 2. The number of amides is 1. The molecule has 96 valence electrons. The second kappa shape index (κ2) is 4.29. The molecule has 1 aromatic rings. The number of carboxylic acid groups (broad SMARTS) is 1. The summed E-state index contributed by atoms with van der Waals surface area (Å²) in [5.41, 5.74) is 4.82. The van der Waals surface area contributed by atoms with E-state index in [1.165, 1.54) is 12.3 Å². The molecule has 1 atom stereocenters. The van der Waals surface area contributed by atoms with E-state index in [1.807, 2.05) is 4.90 Å². The maximum Gasteiger partial charge on any atom is 0.311 e. The molecule has 0 bridgehead atoms. The molecule has 6 nitrogen and oxygen atoms in total. The Morgan fingerprint density at radius 3 is 2.83 bits per heavy atom. The molecule has 0 radical (unpaired) electrons. The molecule has 6 heteroatoms. The molecule has 3 N–H and O–H groups in total. The molecular formula is C12H15N3O3. The summed E-state index contributed by atoms with van der Waals surface area (Å²) in [6, 6.07) is 3.13. The second-order valence-corrected chi connectivity index (χ2v) is 4.80. The van der Waals surface area contributed by atoms with Gasteiger partial charge in [-0.3, -0.25) is 9.59 Å². The normalized spacial score (nSPS) is 23.1. The second-order valence-electron chi connectivity index (χ2n) is 4.80. The Morgan fingerprint density at radius 2 is 2.28 bits per heavy atom. The molecule has 1 aliphatic rings. The average molecular weight is 249 g/mol. The number of hydrogen-bond donors (Lipinski definition) is 2. The molecule has 0 spiro atoms. The first kappa shape index (κ1) is 12.3. The maximum atomic E-state index is 11.2. The summed E-state index contributed by atoms with van der Waals surface area (Å²) in [5, 5.41) is 9.16. The van der Waals surface area contributed by atoms with Gasteiger partial charge in [-0.25, -0.2) is 4.98 Å². The van der Waals surface area contributed by atoms with Crippen molar-refractivity contribution in [2.24, 2.45) is 11.1 Å². The van der Waals surface area contributed by atoms with Gasteiger partial charge in [0.25, 0.3) is 0 Å². The molecule has 1 fully saturated rings. The molecule has 1 unspecified atom stereocenters. The van der Waals surface area contributed by atoms with Crippen LogP contribution in [0.4, 0.5) is 5.82 Å². The maximum absolute atomic E-state index is 11.2. The minimum atomic E-state index is -0.809. The Balaban J connectivity index is 2.22. The Kier molecular flexibility index (Phi) is 2.94. The summed E-state index contributed by atoms with van der Waals surface area (Å²) in [6.07, 6.45) is 2.07.